The first-order valence-corrected chi connectivity index (χ1v) is 8.63. The molecule has 112 valence electrons. The van der Waals surface area contributed by atoms with E-state index in [-0.39, 0.29) is 0 Å². The van der Waals surface area contributed by atoms with Crippen molar-refractivity contribution in [3.63, 3.8) is 0 Å². The van der Waals surface area contributed by atoms with Gasteiger partial charge < -0.3 is 4.74 Å². The van der Waals surface area contributed by atoms with Gasteiger partial charge in [0.15, 0.2) is 0 Å². The normalized spacial score (nSPS) is 15.2. The van der Waals surface area contributed by atoms with Crippen LogP contribution in [-0.4, -0.2) is 24.2 Å². The molecule has 0 radical (unpaired) electrons. The van der Waals surface area contributed by atoms with Crippen molar-refractivity contribution in [3.05, 3.63) is 29.3 Å². The second kappa shape index (κ2) is 7.91. The molecule has 0 aromatic heterocycles. The summed E-state index contributed by atoms with van der Waals surface area (Å²) >= 11 is 1.99. The van der Waals surface area contributed by atoms with Gasteiger partial charge in [0.1, 0.15) is 5.75 Å². The highest BCUT2D eigenvalue weighted by Crippen LogP contribution is 2.26. The number of hydrogen-bond acceptors (Lipinski definition) is 4. The van der Waals surface area contributed by atoms with Gasteiger partial charge in [0, 0.05) is 18.2 Å². The van der Waals surface area contributed by atoms with E-state index in [0.29, 0.717) is 6.04 Å². The van der Waals surface area contributed by atoms with Crippen molar-refractivity contribution in [2.45, 2.75) is 39.2 Å². The first-order chi connectivity index (χ1) is 9.69. The Morgan fingerprint density at radius 2 is 2.20 bits per heavy atom. The molecule has 1 aromatic carbocycles. The number of rotatable bonds is 8. The maximum atomic E-state index is 5.66. The lowest BCUT2D eigenvalue weighted by molar-refractivity contribution is 0.357. The van der Waals surface area contributed by atoms with E-state index in [1.807, 2.05) is 11.8 Å². The van der Waals surface area contributed by atoms with Crippen molar-refractivity contribution in [1.29, 1.82) is 0 Å². The molecular weight excluding hydrogens is 268 g/mol. The van der Waals surface area contributed by atoms with Crippen LogP contribution in [0.15, 0.2) is 18.2 Å². The molecule has 0 saturated carbocycles. The number of aryl methyl sites for hydroxylation is 1. The van der Waals surface area contributed by atoms with Gasteiger partial charge in [-0.3, -0.25) is 11.3 Å². The lowest BCUT2D eigenvalue weighted by atomic mass is 10.0. The molecular formula is C16H26N2OS. The van der Waals surface area contributed by atoms with E-state index >= 15 is 0 Å². The van der Waals surface area contributed by atoms with Crippen LogP contribution >= 0.6 is 11.8 Å². The molecule has 20 heavy (non-hydrogen) atoms. The van der Waals surface area contributed by atoms with Gasteiger partial charge >= 0.3 is 0 Å². The molecule has 1 unspecified atom stereocenters. The third-order valence-corrected chi connectivity index (χ3v) is 5.08. The molecule has 0 aliphatic carbocycles. The number of benzene rings is 1. The molecule has 1 aliphatic heterocycles. The molecule has 3 N–H and O–H groups in total. The van der Waals surface area contributed by atoms with E-state index in [0.717, 1.165) is 43.3 Å². The summed E-state index contributed by atoms with van der Waals surface area (Å²) in [6, 6.07) is 6.97. The van der Waals surface area contributed by atoms with Crippen LogP contribution in [0.2, 0.25) is 0 Å². The smallest absolute Gasteiger partial charge is 0.122 e. The largest absolute Gasteiger partial charge is 0.493 e. The average molecular weight is 294 g/mol. The molecule has 1 heterocycles. The fraction of sp³-hybridized carbons (Fsp3) is 0.625. The van der Waals surface area contributed by atoms with E-state index in [1.165, 1.54) is 16.9 Å². The van der Waals surface area contributed by atoms with E-state index in [9.17, 15) is 0 Å². The van der Waals surface area contributed by atoms with Crippen molar-refractivity contribution in [3.8, 4) is 5.75 Å². The third kappa shape index (κ3) is 4.69. The molecule has 0 spiro atoms. The van der Waals surface area contributed by atoms with Crippen LogP contribution in [0.4, 0.5) is 0 Å². The quantitative estimate of drug-likeness (QED) is 0.572. The van der Waals surface area contributed by atoms with Crippen LogP contribution in [0.5, 0.6) is 5.75 Å². The molecule has 0 saturated heterocycles. The topological polar surface area (TPSA) is 47.3 Å². The maximum absolute atomic E-state index is 5.66. The molecule has 0 bridgehead atoms. The highest BCUT2D eigenvalue weighted by Gasteiger charge is 2.13. The zero-order valence-corrected chi connectivity index (χ0v) is 13.3. The highest BCUT2D eigenvalue weighted by atomic mass is 32.2. The Labute approximate surface area is 126 Å². The summed E-state index contributed by atoms with van der Waals surface area (Å²) in [6.07, 6.45) is 3.21. The lowest BCUT2D eigenvalue weighted by Gasteiger charge is -2.16. The van der Waals surface area contributed by atoms with Gasteiger partial charge in [-0.2, -0.15) is 11.8 Å². The van der Waals surface area contributed by atoms with E-state index < -0.39 is 0 Å². The van der Waals surface area contributed by atoms with Crippen LogP contribution in [0.25, 0.3) is 0 Å². The van der Waals surface area contributed by atoms with E-state index in [4.69, 9.17) is 10.6 Å². The van der Waals surface area contributed by atoms with Crippen molar-refractivity contribution in [1.82, 2.24) is 5.43 Å². The number of nitrogens with two attached hydrogens (primary N) is 1. The van der Waals surface area contributed by atoms with Crippen LogP contribution in [0, 0.1) is 5.92 Å². The van der Waals surface area contributed by atoms with Crippen LogP contribution in [0.1, 0.15) is 31.4 Å². The zero-order chi connectivity index (χ0) is 14.4. The summed E-state index contributed by atoms with van der Waals surface area (Å²) in [5, 5.41) is 0. The Kier molecular flexibility index (Phi) is 6.20. The predicted octanol–water partition coefficient (Wildman–Crippen LogP) is 2.78. The minimum Gasteiger partial charge on any atom is -0.493 e. The van der Waals surface area contributed by atoms with Crippen molar-refractivity contribution < 1.29 is 4.74 Å². The van der Waals surface area contributed by atoms with Crippen molar-refractivity contribution >= 4 is 11.8 Å². The predicted molar refractivity (Wildman–Crippen MR) is 87.2 cm³/mol. The first-order valence-electron chi connectivity index (χ1n) is 7.47. The van der Waals surface area contributed by atoms with E-state index in [2.05, 4.69) is 37.5 Å². The second-order valence-corrected chi connectivity index (χ2v) is 6.95. The molecule has 4 heteroatoms. The van der Waals surface area contributed by atoms with Gasteiger partial charge in [-0.05, 0) is 41.7 Å². The second-order valence-electron chi connectivity index (χ2n) is 5.87. The van der Waals surface area contributed by atoms with Crippen LogP contribution in [-0.2, 0) is 12.8 Å². The fourth-order valence-corrected chi connectivity index (χ4v) is 3.55. The number of hydrazine groups is 1. The Bertz CT molecular complexity index is 423. The number of fused-ring (bicyclic) bond motifs is 1. The van der Waals surface area contributed by atoms with Gasteiger partial charge in [0.2, 0.25) is 0 Å². The van der Waals surface area contributed by atoms with Gasteiger partial charge in [-0.25, -0.2) is 0 Å². The summed E-state index contributed by atoms with van der Waals surface area (Å²) in [7, 11) is 0. The molecule has 0 amide bonds. The summed E-state index contributed by atoms with van der Waals surface area (Å²) in [6.45, 7) is 5.34. The van der Waals surface area contributed by atoms with Gasteiger partial charge in [0.05, 0.1) is 6.61 Å². The molecule has 1 atom stereocenters. The number of nitrogens with one attached hydrogen (secondary N) is 1. The molecule has 3 nitrogen and oxygen atoms in total. The van der Waals surface area contributed by atoms with Crippen LogP contribution in [0.3, 0.4) is 0 Å². The van der Waals surface area contributed by atoms with Gasteiger partial charge in [-0.1, -0.05) is 26.0 Å². The number of hydrogen-bond donors (Lipinski definition) is 2. The Balaban J connectivity index is 1.77. The fourth-order valence-electron chi connectivity index (χ4n) is 2.40. The number of thioether (sulfide) groups is 1. The third-order valence-electron chi connectivity index (χ3n) is 3.54. The van der Waals surface area contributed by atoms with Crippen molar-refractivity contribution in [2.24, 2.45) is 11.8 Å². The number of ether oxygens (including phenoxy) is 1. The monoisotopic (exact) mass is 294 g/mol. The molecule has 2 rings (SSSR count). The van der Waals surface area contributed by atoms with Gasteiger partial charge in [0.25, 0.3) is 0 Å². The Hall–Kier alpha value is -0.710. The minimum absolute atomic E-state index is 0.392. The lowest BCUT2D eigenvalue weighted by Crippen LogP contribution is -2.37. The summed E-state index contributed by atoms with van der Waals surface area (Å²) in [5.74, 6) is 9.76. The molecule has 1 aromatic rings. The Morgan fingerprint density at radius 3 is 2.95 bits per heavy atom. The summed E-state index contributed by atoms with van der Waals surface area (Å²) in [5.41, 5.74) is 5.70. The highest BCUT2D eigenvalue weighted by molar-refractivity contribution is 7.99. The van der Waals surface area contributed by atoms with E-state index in [1.54, 1.807) is 0 Å². The van der Waals surface area contributed by atoms with Crippen LogP contribution < -0.4 is 16.0 Å². The maximum Gasteiger partial charge on any atom is 0.122 e. The standard InChI is InChI=1S/C16H26N2OS/c1-12(2)10-20-11-15(18-17)5-3-13-4-6-16-14(9-13)7-8-19-16/h4,6,9,12,15,18H,3,5,7-8,10-11,17H2,1-2H3. The SMILES string of the molecule is CC(C)CSCC(CCc1ccc2c(c1)CCO2)NN. The molecule has 1 aliphatic rings. The molecule has 0 fully saturated rings. The minimum atomic E-state index is 0.392. The first kappa shape index (κ1) is 15.7. The summed E-state index contributed by atoms with van der Waals surface area (Å²) < 4.78 is 5.54. The average Bonchev–Trinajstić information content (AvgIpc) is 2.89. The zero-order valence-electron chi connectivity index (χ0n) is 12.5. The summed E-state index contributed by atoms with van der Waals surface area (Å²) in [4.78, 5) is 0. The van der Waals surface area contributed by atoms with Gasteiger partial charge in [-0.15, -0.1) is 0 Å². The Morgan fingerprint density at radius 1 is 1.35 bits per heavy atom. The van der Waals surface area contributed by atoms with Crippen molar-refractivity contribution in [2.75, 3.05) is 18.1 Å².